The van der Waals surface area contributed by atoms with E-state index in [1.807, 2.05) is 37.3 Å². The molecule has 0 radical (unpaired) electrons. The van der Waals surface area contributed by atoms with Crippen LogP contribution in [0.4, 0.5) is 11.5 Å². The van der Waals surface area contributed by atoms with Crippen molar-refractivity contribution in [3.8, 4) is 17.0 Å². The highest BCUT2D eigenvalue weighted by Gasteiger charge is 2.34. The number of hydrogen-bond acceptors (Lipinski definition) is 4. The number of ether oxygens (including phenoxy) is 1. The van der Waals surface area contributed by atoms with Crippen LogP contribution < -0.4 is 15.4 Å². The normalized spacial score (nSPS) is 15.4. The summed E-state index contributed by atoms with van der Waals surface area (Å²) < 4.78 is 6.76. The Hall–Kier alpha value is -3.32. The van der Waals surface area contributed by atoms with Gasteiger partial charge in [-0.15, -0.1) is 0 Å². The summed E-state index contributed by atoms with van der Waals surface area (Å²) in [6.07, 6.45) is -0.0181. The minimum absolute atomic E-state index is 0.0181. The van der Waals surface area contributed by atoms with E-state index < -0.39 is 6.04 Å². The molecule has 1 aliphatic rings. The number of fused-ring (bicyclic) bond motifs is 1. The van der Waals surface area contributed by atoms with Gasteiger partial charge in [0.15, 0.2) is 0 Å². The molecule has 0 unspecified atom stereocenters. The molecule has 7 nitrogen and oxygen atoms in total. The summed E-state index contributed by atoms with van der Waals surface area (Å²) in [7, 11) is 1.53. The van der Waals surface area contributed by atoms with Crippen molar-refractivity contribution in [3.63, 3.8) is 0 Å². The van der Waals surface area contributed by atoms with Crippen molar-refractivity contribution in [3.05, 3.63) is 59.1 Å². The van der Waals surface area contributed by atoms with Crippen molar-refractivity contribution in [2.24, 2.45) is 0 Å². The lowest BCUT2D eigenvalue weighted by Gasteiger charge is -2.24. The molecule has 0 spiro atoms. The zero-order valence-electron chi connectivity index (χ0n) is 15.9. The van der Waals surface area contributed by atoms with Gasteiger partial charge in [-0.05, 0) is 19.1 Å². The second kappa shape index (κ2) is 7.60. The molecule has 2 aromatic carbocycles. The first-order valence-corrected chi connectivity index (χ1v) is 9.44. The molecule has 0 bridgehead atoms. The molecule has 2 N–H and O–H groups in total. The molecule has 2 amide bonds. The number of nitrogens with zero attached hydrogens (tertiary/aromatic N) is 2. The molecule has 0 aliphatic carbocycles. The van der Waals surface area contributed by atoms with E-state index in [0.717, 1.165) is 16.8 Å². The average Bonchev–Trinajstić information content (AvgIpc) is 3.06. The van der Waals surface area contributed by atoms with Gasteiger partial charge in [-0.3, -0.25) is 9.59 Å². The highest BCUT2D eigenvalue weighted by Crippen LogP contribution is 2.35. The minimum Gasteiger partial charge on any atom is -0.497 e. The second-order valence-electron chi connectivity index (χ2n) is 6.74. The summed E-state index contributed by atoms with van der Waals surface area (Å²) in [4.78, 5) is 25.3. The van der Waals surface area contributed by atoms with Gasteiger partial charge < -0.3 is 15.4 Å². The molecule has 1 aliphatic heterocycles. The Morgan fingerprint density at radius 2 is 2.03 bits per heavy atom. The Morgan fingerprint density at radius 3 is 2.76 bits per heavy atom. The minimum atomic E-state index is -0.794. The summed E-state index contributed by atoms with van der Waals surface area (Å²) >= 11 is 6.20. The van der Waals surface area contributed by atoms with Gasteiger partial charge in [-0.25, -0.2) is 4.68 Å². The number of carbonyl (C=O) groups excluding carboxylic acids is 2. The van der Waals surface area contributed by atoms with Crippen molar-refractivity contribution in [2.45, 2.75) is 19.4 Å². The van der Waals surface area contributed by atoms with E-state index in [4.69, 9.17) is 16.3 Å². The topological polar surface area (TPSA) is 85.2 Å². The molecule has 3 aromatic rings. The van der Waals surface area contributed by atoms with E-state index >= 15 is 0 Å². The van der Waals surface area contributed by atoms with E-state index in [2.05, 4.69) is 15.7 Å². The molecule has 0 fully saturated rings. The van der Waals surface area contributed by atoms with Crippen LogP contribution in [0.5, 0.6) is 5.75 Å². The molecule has 148 valence electrons. The molecule has 29 heavy (non-hydrogen) atoms. The number of amides is 2. The van der Waals surface area contributed by atoms with Crippen LogP contribution in [0.25, 0.3) is 11.3 Å². The van der Waals surface area contributed by atoms with E-state index in [9.17, 15) is 9.59 Å². The first-order valence-electron chi connectivity index (χ1n) is 9.06. The lowest BCUT2D eigenvalue weighted by Crippen LogP contribution is -2.36. The van der Waals surface area contributed by atoms with Crippen LogP contribution in [0.2, 0.25) is 5.02 Å². The highest BCUT2D eigenvalue weighted by atomic mass is 35.5. The van der Waals surface area contributed by atoms with Crippen LogP contribution in [0.1, 0.15) is 18.0 Å². The first kappa shape index (κ1) is 19.0. The molecule has 0 saturated heterocycles. The Bertz CT molecular complexity index is 1090. The maximum absolute atomic E-state index is 13.0. The van der Waals surface area contributed by atoms with E-state index in [1.54, 1.807) is 22.9 Å². The third-order valence-electron chi connectivity index (χ3n) is 4.86. The van der Waals surface area contributed by atoms with Crippen molar-refractivity contribution < 1.29 is 14.3 Å². The number of halogens is 1. The molecular formula is C21H19ClN4O3. The third-order valence-corrected chi connectivity index (χ3v) is 5.19. The predicted octanol–water partition coefficient (Wildman–Crippen LogP) is 4.04. The maximum atomic E-state index is 13.0. The Kier molecular flexibility index (Phi) is 4.98. The largest absolute Gasteiger partial charge is 0.497 e. The summed E-state index contributed by atoms with van der Waals surface area (Å²) in [5.41, 5.74) is 2.85. The fraction of sp³-hybridized carbons (Fsp3) is 0.190. The van der Waals surface area contributed by atoms with Gasteiger partial charge in [0.05, 0.1) is 29.9 Å². The lowest BCUT2D eigenvalue weighted by atomic mass is 10.1. The van der Waals surface area contributed by atoms with Gasteiger partial charge in [0.1, 0.15) is 17.6 Å². The Labute approximate surface area is 172 Å². The Morgan fingerprint density at radius 1 is 1.28 bits per heavy atom. The summed E-state index contributed by atoms with van der Waals surface area (Å²) in [6.45, 7) is 1.88. The number of aromatic nitrogens is 2. The lowest BCUT2D eigenvalue weighted by molar-refractivity contribution is -0.125. The SMILES string of the molecule is COc1ccc(Cl)c(NC(=O)[C@@H]2CC(=O)Nc3c(C)c(-c4ccccc4)nn32)c1. The summed E-state index contributed by atoms with van der Waals surface area (Å²) in [5.74, 6) is 0.473. The fourth-order valence-corrected chi connectivity index (χ4v) is 3.52. The van der Waals surface area contributed by atoms with Gasteiger partial charge >= 0.3 is 0 Å². The van der Waals surface area contributed by atoms with Crippen molar-refractivity contribution in [1.82, 2.24) is 9.78 Å². The van der Waals surface area contributed by atoms with Crippen molar-refractivity contribution >= 4 is 34.9 Å². The van der Waals surface area contributed by atoms with Crippen LogP contribution >= 0.6 is 11.6 Å². The average molecular weight is 411 g/mol. The highest BCUT2D eigenvalue weighted by molar-refractivity contribution is 6.33. The molecule has 0 saturated carbocycles. The number of rotatable bonds is 4. The molecular weight excluding hydrogens is 392 g/mol. The number of methoxy groups -OCH3 is 1. The quantitative estimate of drug-likeness (QED) is 0.679. The summed E-state index contributed by atoms with van der Waals surface area (Å²) in [5, 5.41) is 10.6. The smallest absolute Gasteiger partial charge is 0.249 e. The van der Waals surface area contributed by atoms with Crippen LogP contribution in [0.15, 0.2) is 48.5 Å². The number of anilines is 2. The molecule has 8 heteroatoms. The number of benzene rings is 2. The standard InChI is InChI=1S/C21H19ClN4O3/c1-12-19(13-6-4-3-5-7-13)25-26-17(11-18(27)24-20(12)26)21(28)23-16-10-14(29-2)8-9-15(16)22/h3-10,17H,11H2,1-2H3,(H,23,28)(H,24,27)/t17-/m0/s1. The Balaban J connectivity index is 1.70. The van der Waals surface area contributed by atoms with Crippen molar-refractivity contribution in [1.29, 1.82) is 0 Å². The monoisotopic (exact) mass is 410 g/mol. The maximum Gasteiger partial charge on any atom is 0.249 e. The molecule has 4 rings (SSSR count). The van der Waals surface area contributed by atoms with E-state index in [1.165, 1.54) is 7.11 Å². The van der Waals surface area contributed by atoms with E-state index in [0.29, 0.717) is 22.3 Å². The van der Waals surface area contributed by atoms with Gasteiger partial charge in [0, 0.05) is 17.2 Å². The predicted molar refractivity (Wildman–Crippen MR) is 111 cm³/mol. The second-order valence-corrected chi connectivity index (χ2v) is 7.14. The van der Waals surface area contributed by atoms with Crippen LogP contribution in [-0.4, -0.2) is 28.7 Å². The zero-order valence-corrected chi connectivity index (χ0v) is 16.7. The van der Waals surface area contributed by atoms with Crippen molar-refractivity contribution in [2.75, 3.05) is 17.7 Å². The number of nitrogens with one attached hydrogen (secondary N) is 2. The van der Waals surface area contributed by atoms with Gasteiger partial charge in [0.2, 0.25) is 11.8 Å². The van der Waals surface area contributed by atoms with Gasteiger partial charge in [-0.2, -0.15) is 5.10 Å². The molecule has 1 atom stereocenters. The van der Waals surface area contributed by atoms with Crippen LogP contribution in [0.3, 0.4) is 0 Å². The van der Waals surface area contributed by atoms with Gasteiger partial charge in [-0.1, -0.05) is 41.9 Å². The van der Waals surface area contributed by atoms with Crippen LogP contribution in [0, 0.1) is 6.92 Å². The fourth-order valence-electron chi connectivity index (χ4n) is 3.36. The molecule has 1 aromatic heterocycles. The zero-order chi connectivity index (χ0) is 20.5. The number of hydrogen-bond donors (Lipinski definition) is 2. The first-order chi connectivity index (χ1) is 14.0. The number of carbonyl (C=O) groups is 2. The third kappa shape index (κ3) is 3.56. The van der Waals surface area contributed by atoms with Gasteiger partial charge in [0.25, 0.3) is 0 Å². The molecule has 2 heterocycles. The van der Waals surface area contributed by atoms with Crippen LogP contribution in [-0.2, 0) is 9.59 Å². The summed E-state index contributed by atoms with van der Waals surface area (Å²) in [6, 6.07) is 13.8. The van der Waals surface area contributed by atoms with E-state index in [-0.39, 0.29) is 18.2 Å².